The minimum Gasteiger partial charge on any atom is -0.147 e. The molecule has 0 spiro atoms. The monoisotopic (exact) mass is 341 g/mol. The van der Waals surface area contributed by atoms with Gasteiger partial charge < -0.3 is 0 Å². The zero-order chi connectivity index (χ0) is 7.11. The average molecular weight is 341 g/mol. The zero-order valence-corrected chi connectivity index (χ0v) is 13.1. The number of unbranched alkanes of at least 4 members (excludes halogenated alkanes) is 2. The molecule has 0 aromatic carbocycles. The third-order valence-corrected chi connectivity index (χ3v) is 3.64. The van der Waals surface area contributed by atoms with Crippen molar-refractivity contribution in [3.8, 4) is 0 Å². The van der Waals surface area contributed by atoms with Crippen LogP contribution in [-0.2, 0) is 0 Å². The predicted octanol–water partition coefficient (Wildman–Crippen LogP) is 4.20. The molecule has 0 saturated heterocycles. The van der Waals surface area contributed by atoms with Crippen LogP contribution in [0.25, 0.3) is 0 Å². The van der Waals surface area contributed by atoms with E-state index >= 15 is 0 Å². The molecule has 3 radical (unpaired) electrons. The van der Waals surface area contributed by atoms with E-state index in [0.29, 0.717) is 0 Å². The SMILES string of the molecule is CCCCC[CH]([Sn])CC.Cl.Cl.Cl. The molecule has 0 amide bonds. The smallest absolute Gasteiger partial charge is 0.147 e. The van der Waals surface area contributed by atoms with E-state index in [-0.39, 0.29) is 37.2 Å². The summed E-state index contributed by atoms with van der Waals surface area (Å²) in [4.78, 5) is 0. The molecular weight excluding hydrogens is 321 g/mol. The Labute approximate surface area is 109 Å². The Balaban J connectivity index is -0.000000107. The van der Waals surface area contributed by atoms with Crippen LogP contribution in [0.3, 0.4) is 0 Å². The first-order chi connectivity index (χ1) is 4.31. The maximum Gasteiger partial charge on any atom is -0.147 e. The maximum atomic E-state index is 2.30. The summed E-state index contributed by atoms with van der Waals surface area (Å²) in [7, 11) is 0. The first kappa shape index (κ1) is 23.5. The molecule has 0 N–H and O–H groups in total. The van der Waals surface area contributed by atoms with Crippen molar-refractivity contribution < 1.29 is 0 Å². The number of rotatable bonds is 5. The van der Waals surface area contributed by atoms with Gasteiger partial charge in [-0.05, 0) is 0 Å². The van der Waals surface area contributed by atoms with Crippen LogP contribution in [-0.4, -0.2) is 22.5 Å². The number of hydrogen-bond acceptors (Lipinski definition) is 0. The van der Waals surface area contributed by atoms with Gasteiger partial charge in [0.25, 0.3) is 0 Å². The Kier molecular flexibility index (Phi) is 36.1. The van der Waals surface area contributed by atoms with Gasteiger partial charge in [-0.3, -0.25) is 0 Å². The third kappa shape index (κ3) is 17.7. The van der Waals surface area contributed by atoms with Crippen molar-refractivity contribution in [1.82, 2.24) is 0 Å². The third-order valence-electron chi connectivity index (χ3n) is 1.65. The van der Waals surface area contributed by atoms with Crippen molar-refractivity contribution in [2.75, 3.05) is 0 Å². The van der Waals surface area contributed by atoms with Crippen LogP contribution < -0.4 is 0 Å². The summed E-state index contributed by atoms with van der Waals surface area (Å²) in [6.45, 7) is 4.56. The zero-order valence-electron chi connectivity index (χ0n) is 7.84. The van der Waals surface area contributed by atoms with E-state index in [1.807, 2.05) is 0 Å². The van der Waals surface area contributed by atoms with Gasteiger partial charge >= 0.3 is 72.4 Å². The quantitative estimate of drug-likeness (QED) is 0.519. The summed E-state index contributed by atoms with van der Waals surface area (Å²) >= 11 is 1.74. The largest absolute Gasteiger partial charge is 0.147 e. The van der Waals surface area contributed by atoms with Gasteiger partial charge in [-0.25, -0.2) is 0 Å². The second-order valence-corrected chi connectivity index (χ2v) is 4.93. The predicted molar refractivity (Wildman–Crippen MR) is 65.7 cm³/mol. The van der Waals surface area contributed by atoms with Gasteiger partial charge in [0.15, 0.2) is 0 Å². The minimum absolute atomic E-state index is 0. The molecule has 4 heteroatoms. The van der Waals surface area contributed by atoms with Crippen molar-refractivity contribution in [3.63, 3.8) is 0 Å². The number of halogens is 3. The van der Waals surface area contributed by atoms with Crippen LogP contribution in [0.5, 0.6) is 0 Å². The molecule has 0 aromatic heterocycles. The van der Waals surface area contributed by atoms with Crippen LogP contribution in [0, 0.1) is 0 Å². The molecule has 12 heavy (non-hydrogen) atoms. The Hall–Kier alpha value is 1.67. The van der Waals surface area contributed by atoms with Gasteiger partial charge in [-0.1, -0.05) is 0 Å². The van der Waals surface area contributed by atoms with E-state index in [1.54, 1.807) is 22.5 Å². The summed E-state index contributed by atoms with van der Waals surface area (Å²) < 4.78 is 1.05. The molecule has 0 heterocycles. The van der Waals surface area contributed by atoms with Gasteiger partial charge in [0, 0.05) is 0 Å². The van der Waals surface area contributed by atoms with E-state index < -0.39 is 0 Å². The Morgan fingerprint density at radius 1 is 1.00 bits per heavy atom. The molecule has 0 aliphatic heterocycles. The van der Waals surface area contributed by atoms with Gasteiger partial charge in [0.05, 0.1) is 0 Å². The normalized spacial score (nSPS) is 10.2. The first-order valence-corrected chi connectivity index (χ1v) is 5.67. The molecule has 0 aliphatic carbocycles. The van der Waals surface area contributed by atoms with Crippen molar-refractivity contribution >= 4 is 59.7 Å². The van der Waals surface area contributed by atoms with Crippen molar-refractivity contribution in [1.29, 1.82) is 0 Å². The van der Waals surface area contributed by atoms with E-state index in [2.05, 4.69) is 13.8 Å². The molecule has 0 bridgehead atoms. The fourth-order valence-corrected chi connectivity index (χ4v) is 1.43. The second kappa shape index (κ2) is 18.5. The fraction of sp³-hybridized carbons (Fsp3) is 1.00. The van der Waals surface area contributed by atoms with Gasteiger partial charge in [-0.15, -0.1) is 37.2 Å². The minimum atomic E-state index is 0. The summed E-state index contributed by atoms with van der Waals surface area (Å²) in [5, 5.41) is 0. The summed E-state index contributed by atoms with van der Waals surface area (Å²) in [6.07, 6.45) is 7.13. The molecule has 0 nitrogen and oxygen atoms in total. The maximum absolute atomic E-state index is 2.30. The summed E-state index contributed by atoms with van der Waals surface area (Å²) in [5.74, 6) is 0. The first-order valence-electron chi connectivity index (χ1n) is 4.02. The van der Waals surface area contributed by atoms with Crippen LogP contribution in [0.15, 0.2) is 0 Å². The molecule has 1 unspecified atom stereocenters. The van der Waals surface area contributed by atoms with Gasteiger partial charge in [-0.2, -0.15) is 0 Å². The molecule has 0 aromatic rings. The van der Waals surface area contributed by atoms with Crippen LogP contribution in [0.2, 0.25) is 3.93 Å². The standard InChI is InChI=1S/C8H17.3ClH.Sn/c1-3-5-7-8-6-4-2;;;;/h5H,3-4,6-8H2,1-2H3;3*1H;. The second-order valence-electron chi connectivity index (χ2n) is 2.60. The van der Waals surface area contributed by atoms with E-state index in [9.17, 15) is 0 Å². The van der Waals surface area contributed by atoms with E-state index in [0.717, 1.165) is 3.93 Å². The number of hydrogen-bond donors (Lipinski definition) is 0. The molecule has 0 aliphatic rings. The Bertz CT molecular complexity index is 62.3. The van der Waals surface area contributed by atoms with Gasteiger partial charge in [0.2, 0.25) is 0 Å². The molecule has 0 fully saturated rings. The van der Waals surface area contributed by atoms with Crippen molar-refractivity contribution in [2.24, 2.45) is 0 Å². The Morgan fingerprint density at radius 3 is 1.83 bits per heavy atom. The Morgan fingerprint density at radius 2 is 1.50 bits per heavy atom. The van der Waals surface area contributed by atoms with Crippen molar-refractivity contribution in [3.05, 3.63) is 0 Å². The van der Waals surface area contributed by atoms with Crippen LogP contribution in [0.4, 0.5) is 0 Å². The van der Waals surface area contributed by atoms with Crippen LogP contribution in [0.1, 0.15) is 46.0 Å². The molecule has 0 saturated carbocycles. The molecule has 0 rings (SSSR count). The van der Waals surface area contributed by atoms with E-state index in [4.69, 9.17) is 0 Å². The average Bonchev–Trinajstić information content (AvgIpc) is 1.89. The molecular formula is C8H20Cl3Sn. The van der Waals surface area contributed by atoms with Crippen LogP contribution >= 0.6 is 37.2 Å². The molecule has 77 valence electrons. The van der Waals surface area contributed by atoms with E-state index in [1.165, 1.54) is 32.1 Å². The summed E-state index contributed by atoms with van der Waals surface area (Å²) in [6, 6.07) is 0. The van der Waals surface area contributed by atoms with Gasteiger partial charge in [0.1, 0.15) is 0 Å². The topological polar surface area (TPSA) is 0 Å². The molecule has 1 atom stereocenters. The fourth-order valence-electron chi connectivity index (χ4n) is 0.845. The van der Waals surface area contributed by atoms with Crippen molar-refractivity contribution in [2.45, 2.75) is 49.9 Å². The summed E-state index contributed by atoms with van der Waals surface area (Å²) in [5.41, 5.74) is 0.